The summed E-state index contributed by atoms with van der Waals surface area (Å²) in [5.74, 6) is -0.0300. The maximum absolute atomic E-state index is 11.7. The van der Waals surface area contributed by atoms with Crippen LogP contribution in [0.1, 0.15) is 15.2 Å². The Morgan fingerprint density at radius 1 is 1.50 bits per heavy atom. The number of halogens is 1. The SMILES string of the molecule is O=C(/C=C/c1cc(Br)cs1)c1cccnc1. The number of carbonyl (C=O) groups is 1. The van der Waals surface area contributed by atoms with Crippen molar-refractivity contribution in [1.29, 1.82) is 0 Å². The quantitative estimate of drug-likeness (QED) is 0.636. The molecule has 16 heavy (non-hydrogen) atoms. The van der Waals surface area contributed by atoms with Crippen molar-refractivity contribution < 1.29 is 4.79 Å². The number of allylic oxidation sites excluding steroid dienone is 1. The summed E-state index contributed by atoms with van der Waals surface area (Å²) in [7, 11) is 0. The van der Waals surface area contributed by atoms with Crippen LogP contribution >= 0.6 is 27.3 Å². The summed E-state index contributed by atoms with van der Waals surface area (Å²) in [6, 6.07) is 5.48. The zero-order valence-electron chi connectivity index (χ0n) is 8.26. The smallest absolute Gasteiger partial charge is 0.187 e. The average Bonchev–Trinajstić information content (AvgIpc) is 2.73. The predicted molar refractivity (Wildman–Crippen MR) is 69.6 cm³/mol. The van der Waals surface area contributed by atoms with Crippen LogP contribution in [0.25, 0.3) is 6.08 Å². The molecule has 2 nitrogen and oxygen atoms in total. The van der Waals surface area contributed by atoms with E-state index in [0.717, 1.165) is 9.35 Å². The lowest BCUT2D eigenvalue weighted by Crippen LogP contribution is -1.93. The molecule has 2 rings (SSSR count). The van der Waals surface area contributed by atoms with Gasteiger partial charge in [-0.1, -0.05) is 0 Å². The van der Waals surface area contributed by atoms with Gasteiger partial charge in [-0.25, -0.2) is 0 Å². The van der Waals surface area contributed by atoms with Crippen molar-refractivity contribution in [1.82, 2.24) is 4.98 Å². The van der Waals surface area contributed by atoms with E-state index in [0.29, 0.717) is 5.56 Å². The first-order valence-corrected chi connectivity index (χ1v) is 6.29. The molecule has 0 amide bonds. The van der Waals surface area contributed by atoms with E-state index in [1.807, 2.05) is 17.5 Å². The topological polar surface area (TPSA) is 30.0 Å². The number of nitrogens with zero attached hydrogens (tertiary/aromatic N) is 1. The highest BCUT2D eigenvalue weighted by atomic mass is 79.9. The van der Waals surface area contributed by atoms with Crippen molar-refractivity contribution in [2.45, 2.75) is 0 Å². The molecule has 0 saturated carbocycles. The van der Waals surface area contributed by atoms with E-state index in [1.54, 1.807) is 41.9 Å². The Morgan fingerprint density at radius 3 is 3.00 bits per heavy atom. The molecule has 0 aliphatic rings. The van der Waals surface area contributed by atoms with E-state index < -0.39 is 0 Å². The number of carbonyl (C=O) groups excluding carboxylic acids is 1. The fraction of sp³-hybridized carbons (Fsp3) is 0. The molecule has 2 aromatic heterocycles. The van der Waals surface area contributed by atoms with E-state index in [4.69, 9.17) is 0 Å². The van der Waals surface area contributed by atoms with Crippen LogP contribution in [0.5, 0.6) is 0 Å². The minimum atomic E-state index is -0.0300. The Labute approximate surface area is 106 Å². The number of pyridine rings is 1. The van der Waals surface area contributed by atoms with Gasteiger partial charge in [-0.05, 0) is 46.3 Å². The summed E-state index contributed by atoms with van der Waals surface area (Å²) in [5, 5.41) is 1.98. The molecule has 0 aromatic carbocycles. The van der Waals surface area contributed by atoms with E-state index in [2.05, 4.69) is 20.9 Å². The molecule has 0 saturated heterocycles. The molecule has 2 heterocycles. The molecule has 0 aliphatic heterocycles. The summed E-state index contributed by atoms with van der Waals surface area (Å²) in [6.45, 7) is 0. The summed E-state index contributed by atoms with van der Waals surface area (Å²) >= 11 is 4.95. The van der Waals surface area contributed by atoms with Crippen molar-refractivity contribution in [3.05, 3.63) is 57.0 Å². The van der Waals surface area contributed by atoms with Gasteiger partial charge >= 0.3 is 0 Å². The van der Waals surface area contributed by atoms with Gasteiger partial charge in [0.15, 0.2) is 5.78 Å². The highest BCUT2D eigenvalue weighted by Crippen LogP contribution is 2.20. The maximum Gasteiger partial charge on any atom is 0.187 e. The van der Waals surface area contributed by atoms with Gasteiger partial charge in [-0.2, -0.15) is 0 Å². The van der Waals surface area contributed by atoms with Gasteiger partial charge in [0, 0.05) is 32.7 Å². The van der Waals surface area contributed by atoms with Crippen LogP contribution < -0.4 is 0 Å². The number of rotatable bonds is 3. The van der Waals surface area contributed by atoms with Gasteiger partial charge in [-0.15, -0.1) is 11.3 Å². The monoisotopic (exact) mass is 293 g/mol. The van der Waals surface area contributed by atoms with Crippen LogP contribution in [0.4, 0.5) is 0 Å². The first-order valence-electron chi connectivity index (χ1n) is 4.62. The van der Waals surface area contributed by atoms with E-state index in [-0.39, 0.29) is 5.78 Å². The molecule has 0 N–H and O–H groups in total. The first kappa shape index (κ1) is 11.2. The van der Waals surface area contributed by atoms with Crippen LogP contribution in [0.3, 0.4) is 0 Å². The molecule has 0 spiro atoms. The molecule has 0 fully saturated rings. The summed E-state index contributed by atoms with van der Waals surface area (Å²) in [5.41, 5.74) is 0.606. The van der Waals surface area contributed by atoms with Gasteiger partial charge in [-0.3, -0.25) is 9.78 Å². The lowest BCUT2D eigenvalue weighted by molar-refractivity contribution is 0.104. The van der Waals surface area contributed by atoms with Gasteiger partial charge < -0.3 is 0 Å². The standard InChI is InChI=1S/C12H8BrNOS/c13-10-6-11(16-8-10)3-4-12(15)9-2-1-5-14-7-9/h1-8H/b4-3+. The summed E-state index contributed by atoms with van der Waals surface area (Å²) in [6.07, 6.45) is 6.59. The summed E-state index contributed by atoms with van der Waals surface area (Å²) in [4.78, 5) is 16.6. The van der Waals surface area contributed by atoms with E-state index >= 15 is 0 Å². The molecule has 0 bridgehead atoms. The second kappa shape index (κ2) is 5.18. The Bertz CT molecular complexity index is 519. The van der Waals surface area contributed by atoms with Crippen molar-refractivity contribution in [3.63, 3.8) is 0 Å². The van der Waals surface area contributed by atoms with Crippen molar-refractivity contribution in [3.8, 4) is 0 Å². The third-order valence-electron chi connectivity index (χ3n) is 1.93. The van der Waals surface area contributed by atoms with Crippen LogP contribution in [-0.4, -0.2) is 10.8 Å². The molecule has 0 radical (unpaired) electrons. The number of thiophene rings is 1. The van der Waals surface area contributed by atoms with Crippen LogP contribution in [0.15, 0.2) is 46.5 Å². The Hall–Kier alpha value is -1.26. The second-order valence-electron chi connectivity index (χ2n) is 3.11. The van der Waals surface area contributed by atoms with Gasteiger partial charge in [0.2, 0.25) is 0 Å². The number of hydrogen-bond donors (Lipinski definition) is 0. The van der Waals surface area contributed by atoms with Crippen LogP contribution in [-0.2, 0) is 0 Å². The minimum Gasteiger partial charge on any atom is -0.289 e. The van der Waals surface area contributed by atoms with Gasteiger partial charge in [0.25, 0.3) is 0 Å². The molecular formula is C12H8BrNOS. The first-order chi connectivity index (χ1) is 7.75. The summed E-state index contributed by atoms with van der Waals surface area (Å²) < 4.78 is 1.03. The molecular weight excluding hydrogens is 286 g/mol. The molecule has 2 aromatic rings. The molecule has 0 aliphatic carbocycles. The third-order valence-corrected chi connectivity index (χ3v) is 3.59. The highest BCUT2D eigenvalue weighted by molar-refractivity contribution is 9.10. The lowest BCUT2D eigenvalue weighted by Gasteiger charge is -1.92. The highest BCUT2D eigenvalue weighted by Gasteiger charge is 2.00. The molecule has 0 atom stereocenters. The second-order valence-corrected chi connectivity index (χ2v) is 4.97. The fourth-order valence-corrected chi connectivity index (χ4v) is 2.52. The normalized spacial score (nSPS) is 10.8. The van der Waals surface area contributed by atoms with Crippen molar-refractivity contribution in [2.75, 3.05) is 0 Å². The van der Waals surface area contributed by atoms with Gasteiger partial charge in [0.05, 0.1) is 0 Å². The fourth-order valence-electron chi connectivity index (χ4n) is 1.18. The number of ketones is 1. The maximum atomic E-state index is 11.7. The van der Waals surface area contributed by atoms with Crippen molar-refractivity contribution in [2.24, 2.45) is 0 Å². The molecule has 80 valence electrons. The number of aromatic nitrogens is 1. The number of hydrogen-bond acceptors (Lipinski definition) is 3. The van der Waals surface area contributed by atoms with E-state index in [1.165, 1.54) is 0 Å². The Balaban J connectivity index is 2.11. The van der Waals surface area contributed by atoms with Crippen molar-refractivity contribution >= 4 is 39.1 Å². The molecule has 0 unspecified atom stereocenters. The Kier molecular flexibility index (Phi) is 3.64. The zero-order valence-corrected chi connectivity index (χ0v) is 10.7. The lowest BCUT2D eigenvalue weighted by atomic mass is 10.2. The Morgan fingerprint density at radius 2 is 2.38 bits per heavy atom. The molecule has 4 heteroatoms. The largest absolute Gasteiger partial charge is 0.289 e. The van der Waals surface area contributed by atoms with Crippen LogP contribution in [0.2, 0.25) is 0 Å². The predicted octanol–water partition coefficient (Wildman–Crippen LogP) is 3.80. The zero-order chi connectivity index (χ0) is 11.4. The van der Waals surface area contributed by atoms with E-state index in [9.17, 15) is 4.79 Å². The van der Waals surface area contributed by atoms with Gasteiger partial charge in [0.1, 0.15) is 0 Å². The third kappa shape index (κ3) is 2.87. The average molecular weight is 294 g/mol. The minimum absolute atomic E-state index is 0.0300. The van der Waals surface area contributed by atoms with Crippen LogP contribution in [0, 0.1) is 0 Å².